The Morgan fingerprint density at radius 1 is 0.939 bits per heavy atom. The molecule has 33 heavy (non-hydrogen) atoms. The van der Waals surface area contributed by atoms with Gasteiger partial charge in [0, 0.05) is 11.4 Å². The van der Waals surface area contributed by atoms with E-state index in [1.165, 1.54) is 18.4 Å². The van der Waals surface area contributed by atoms with Gasteiger partial charge in [-0.1, -0.05) is 60.1 Å². The first kappa shape index (κ1) is 23.9. The van der Waals surface area contributed by atoms with Crippen LogP contribution in [0.3, 0.4) is 0 Å². The Hall–Kier alpha value is -0.830. The van der Waals surface area contributed by atoms with Gasteiger partial charge in [-0.05, 0) is 109 Å². The first-order chi connectivity index (χ1) is 15.3. The number of carbonyl (C=O) groups is 1. The number of hydrogen-bond acceptors (Lipinski definition) is 3. The SMILES string of the molecule is C[C@@H]1[C@H](C)CC[C@]2(C(=O)[O-])CC[C@]3(C)C(=CC[C@@H]4[C@@]5(C)CC[C@@H](O)C(C)(C)[C@@H]5CC[C@]43C)[C@@H]12. The van der Waals surface area contributed by atoms with Crippen LogP contribution < -0.4 is 5.11 Å². The lowest BCUT2D eigenvalue weighted by Crippen LogP contribution is -2.66. The Balaban J connectivity index is 1.61. The van der Waals surface area contributed by atoms with Crippen molar-refractivity contribution in [1.82, 2.24) is 0 Å². The van der Waals surface area contributed by atoms with E-state index in [9.17, 15) is 15.0 Å². The number of carboxylic acids is 1. The molecule has 5 aliphatic carbocycles. The van der Waals surface area contributed by atoms with E-state index in [0.29, 0.717) is 23.7 Å². The molecule has 0 bridgehead atoms. The van der Waals surface area contributed by atoms with Crippen LogP contribution in [0.5, 0.6) is 0 Å². The van der Waals surface area contributed by atoms with Gasteiger partial charge >= 0.3 is 0 Å². The van der Waals surface area contributed by atoms with Crippen molar-refractivity contribution < 1.29 is 15.0 Å². The van der Waals surface area contributed by atoms with Gasteiger partial charge in [-0.15, -0.1) is 0 Å². The highest BCUT2D eigenvalue weighted by Gasteiger charge is 2.68. The lowest BCUT2D eigenvalue weighted by atomic mass is 9.33. The molecule has 0 saturated heterocycles. The molecule has 0 heterocycles. The minimum atomic E-state index is -0.792. The van der Waals surface area contributed by atoms with Crippen molar-refractivity contribution in [2.75, 3.05) is 0 Å². The van der Waals surface area contributed by atoms with Crippen molar-refractivity contribution in [2.24, 2.45) is 56.7 Å². The van der Waals surface area contributed by atoms with Crippen LogP contribution >= 0.6 is 0 Å². The van der Waals surface area contributed by atoms with Crippen molar-refractivity contribution in [3.63, 3.8) is 0 Å². The zero-order valence-corrected chi connectivity index (χ0v) is 22.2. The maximum Gasteiger partial charge on any atom is 0.0594 e. The minimum absolute atomic E-state index is 0.0385. The van der Waals surface area contributed by atoms with Gasteiger partial charge in [0.25, 0.3) is 0 Å². The molecule has 186 valence electrons. The van der Waals surface area contributed by atoms with Gasteiger partial charge in [-0.2, -0.15) is 0 Å². The van der Waals surface area contributed by atoms with Crippen LogP contribution in [0.25, 0.3) is 0 Å². The van der Waals surface area contributed by atoms with Crippen molar-refractivity contribution in [2.45, 2.75) is 112 Å². The fraction of sp³-hybridized carbons (Fsp3) is 0.900. The van der Waals surface area contributed by atoms with E-state index in [2.05, 4.69) is 54.5 Å². The third-order valence-electron chi connectivity index (χ3n) is 13.4. The molecule has 0 aromatic carbocycles. The summed E-state index contributed by atoms with van der Waals surface area (Å²) in [4.78, 5) is 12.7. The zero-order valence-electron chi connectivity index (χ0n) is 22.2. The molecular weight excluding hydrogens is 408 g/mol. The monoisotopic (exact) mass is 455 g/mol. The Bertz CT molecular complexity index is 874. The average molecular weight is 456 g/mol. The quantitative estimate of drug-likeness (QED) is 0.512. The van der Waals surface area contributed by atoms with Crippen LogP contribution in [-0.2, 0) is 4.79 Å². The summed E-state index contributed by atoms with van der Waals surface area (Å²) in [6.45, 7) is 16.8. The molecule has 0 aliphatic heterocycles. The number of aliphatic carboxylic acids is 1. The molecule has 0 spiro atoms. The molecule has 4 fully saturated rings. The number of hydrogen-bond donors (Lipinski definition) is 1. The molecule has 3 heteroatoms. The lowest BCUT2D eigenvalue weighted by Gasteiger charge is -2.71. The van der Waals surface area contributed by atoms with E-state index in [-0.39, 0.29) is 33.7 Å². The summed E-state index contributed by atoms with van der Waals surface area (Å²) in [5.41, 5.74) is 1.24. The fourth-order valence-corrected chi connectivity index (χ4v) is 10.8. The molecule has 0 radical (unpaired) electrons. The highest BCUT2D eigenvalue weighted by Crippen LogP contribution is 2.75. The molecule has 0 amide bonds. The van der Waals surface area contributed by atoms with E-state index in [1.54, 1.807) is 0 Å². The number of carboxylic acid groups (broad SMARTS) is 1. The summed E-state index contributed by atoms with van der Waals surface area (Å²) in [6, 6.07) is 0. The fourth-order valence-electron chi connectivity index (χ4n) is 10.8. The van der Waals surface area contributed by atoms with Gasteiger partial charge < -0.3 is 15.0 Å². The maximum atomic E-state index is 12.7. The number of fused-ring (bicyclic) bond motifs is 7. The Morgan fingerprint density at radius 3 is 2.30 bits per heavy atom. The van der Waals surface area contributed by atoms with Gasteiger partial charge in [0.1, 0.15) is 0 Å². The van der Waals surface area contributed by atoms with Crippen LogP contribution in [0.4, 0.5) is 0 Å². The molecule has 0 unspecified atom stereocenters. The van der Waals surface area contributed by atoms with Crippen LogP contribution in [0.1, 0.15) is 106 Å². The highest BCUT2D eigenvalue weighted by atomic mass is 16.4. The van der Waals surface area contributed by atoms with E-state index in [1.807, 2.05) is 0 Å². The summed E-state index contributed by atoms with van der Waals surface area (Å²) in [5.74, 6) is 1.42. The number of aliphatic hydroxyl groups excluding tert-OH is 1. The van der Waals surface area contributed by atoms with E-state index in [0.717, 1.165) is 44.9 Å². The lowest BCUT2D eigenvalue weighted by molar-refractivity contribution is -0.327. The molecule has 4 saturated carbocycles. The summed E-state index contributed by atoms with van der Waals surface area (Å²) in [7, 11) is 0. The predicted molar refractivity (Wildman–Crippen MR) is 130 cm³/mol. The van der Waals surface area contributed by atoms with Crippen molar-refractivity contribution in [3.8, 4) is 0 Å². The van der Waals surface area contributed by atoms with Crippen molar-refractivity contribution in [1.29, 1.82) is 0 Å². The first-order valence-corrected chi connectivity index (χ1v) is 13.9. The highest BCUT2D eigenvalue weighted by molar-refractivity contribution is 5.74. The average Bonchev–Trinajstić information content (AvgIpc) is 2.74. The molecule has 5 rings (SSSR count). The van der Waals surface area contributed by atoms with E-state index < -0.39 is 11.4 Å². The summed E-state index contributed by atoms with van der Waals surface area (Å²) in [6.07, 6.45) is 11.3. The predicted octanol–water partition coefficient (Wildman–Crippen LogP) is 5.75. The summed E-state index contributed by atoms with van der Waals surface area (Å²) >= 11 is 0. The molecule has 5 aliphatic rings. The smallest absolute Gasteiger partial charge is 0.0594 e. The molecule has 0 aromatic rings. The van der Waals surface area contributed by atoms with Gasteiger partial charge in [0.2, 0.25) is 0 Å². The van der Waals surface area contributed by atoms with Crippen LogP contribution in [0.15, 0.2) is 11.6 Å². The third kappa shape index (κ3) is 2.75. The Morgan fingerprint density at radius 2 is 1.64 bits per heavy atom. The second kappa shape index (κ2) is 7.11. The van der Waals surface area contributed by atoms with Crippen LogP contribution in [-0.4, -0.2) is 17.2 Å². The number of carbonyl (C=O) groups excluding carboxylic acids is 1. The standard InChI is InChI=1S/C30H48O3/c1-18-10-15-30(25(32)33)17-16-28(6)20(24(30)19(18)2)8-9-22-27(5)13-12-23(31)26(3,4)21(27)11-14-29(22,28)7/h8,18-19,21-24,31H,9-17H2,1-7H3,(H,32,33)/p-1/t18-,19-,21+,22-,23-,24-,27+,28-,29-,30+/m1/s1. The molecule has 3 nitrogen and oxygen atoms in total. The van der Waals surface area contributed by atoms with Gasteiger partial charge in [-0.3, -0.25) is 0 Å². The molecule has 0 aromatic heterocycles. The molecule has 1 N–H and O–H groups in total. The van der Waals surface area contributed by atoms with Crippen LogP contribution in [0, 0.1) is 56.7 Å². The maximum absolute atomic E-state index is 12.7. The molecular formula is C30H47O3-. The molecule has 10 atom stereocenters. The first-order valence-electron chi connectivity index (χ1n) is 13.9. The van der Waals surface area contributed by atoms with Crippen molar-refractivity contribution >= 4 is 5.97 Å². The zero-order chi connectivity index (χ0) is 24.2. The number of rotatable bonds is 1. The summed E-state index contributed by atoms with van der Waals surface area (Å²) in [5, 5.41) is 23.6. The van der Waals surface area contributed by atoms with Gasteiger partial charge in [-0.25, -0.2) is 0 Å². The van der Waals surface area contributed by atoms with Gasteiger partial charge in [0.15, 0.2) is 0 Å². The number of aliphatic hydroxyl groups is 1. The topological polar surface area (TPSA) is 60.4 Å². The number of allylic oxidation sites excluding steroid dienone is 2. The third-order valence-corrected chi connectivity index (χ3v) is 13.4. The van der Waals surface area contributed by atoms with Gasteiger partial charge in [0.05, 0.1) is 6.10 Å². The summed E-state index contributed by atoms with van der Waals surface area (Å²) < 4.78 is 0. The Kier molecular flexibility index (Phi) is 5.15. The van der Waals surface area contributed by atoms with E-state index in [4.69, 9.17) is 0 Å². The minimum Gasteiger partial charge on any atom is -0.550 e. The largest absolute Gasteiger partial charge is 0.550 e. The normalized spacial score (nSPS) is 55.3. The second-order valence-corrected chi connectivity index (χ2v) is 14.5. The van der Waals surface area contributed by atoms with E-state index >= 15 is 0 Å². The van der Waals surface area contributed by atoms with Crippen molar-refractivity contribution in [3.05, 3.63) is 11.6 Å². The Labute approximate surface area is 201 Å². The second-order valence-electron chi connectivity index (χ2n) is 14.5. The van der Waals surface area contributed by atoms with Crippen LogP contribution in [0.2, 0.25) is 0 Å².